The lowest BCUT2D eigenvalue weighted by Gasteiger charge is -2.10. The van der Waals surface area contributed by atoms with Gasteiger partial charge in [-0.3, -0.25) is 4.79 Å². The second-order valence-electron chi connectivity index (χ2n) is 3.33. The van der Waals surface area contributed by atoms with E-state index in [2.05, 4.69) is 27.9 Å². The largest absolute Gasteiger partial charge is 0.349 e. The highest BCUT2D eigenvalue weighted by Crippen LogP contribution is 2.28. The van der Waals surface area contributed by atoms with Gasteiger partial charge in [-0.25, -0.2) is 0 Å². The molecule has 1 amide bonds. The smallest absolute Gasteiger partial charge is 0.220 e. The van der Waals surface area contributed by atoms with Crippen molar-refractivity contribution in [2.75, 3.05) is 0 Å². The van der Waals surface area contributed by atoms with E-state index >= 15 is 0 Å². The van der Waals surface area contributed by atoms with Crippen molar-refractivity contribution >= 4 is 40.1 Å². The Hall–Kier alpha value is -0.290. The topological polar surface area (TPSA) is 29.1 Å². The summed E-state index contributed by atoms with van der Waals surface area (Å²) in [5, 5.41) is 3.67. The molecule has 1 aliphatic heterocycles. The monoisotopic (exact) mass is 321 g/mol. The summed E-state index contributed by atoms with van der Waals surface area (Å²) in [6, 6.07) is 6.07. The van der Waals surface area contributed by atoms with Gasteiger partial charge in [-0.1, -0.05) is 17.7 Å². The average Bonchev–Trinajstić information content (AvgIpc) is 2.57. The number of nitrogens with one attached hydrogen (secondary N) is 1. The van der Waals surface area contributed by atoms with Gasteiger partial charge in [0, 0.05) is 9.99 Å². The zero-order valence-electron chi connectivity index (χ0n) is 7.39. The molecule has 0 aliphatic carbocycles. The van der Waals surface area contributed by atoms with Crippen LogP contribution in [0.5, 0.6) is 0 Å². The van der Waals surface area contributed by atoms with Crippen LogP contribution in [0.3, 0.4) is 0 Å². The lowest BCUT2D eigenvalue weighted by molar-refractivity contribution is -0.119. The van der Waals surface area contributed by atoms with Crippen LogP contribution in [0.25, 0.3) is 0 Å². The summed E-state index contributed by atoms with van der Waals surface area (Å²) < 4.78 is 1.04. The first-order valence-corrected chi connectivity index (χ1v) is 5.87. The van der Waals surface area contributed by atoms with Crippen LogP contribution in [0.15, 0.2) is 18.2 Å². The molecule has 1 aromatic rings. The van der Waals surface area contributed by atoms with Gasteiger partial charge in [0.15, 0.2) is 0 Å². The van der Waals surface area contributed by atoms with Gasteiger partial charge in [0.05, 0.1) is 11.1 Å². The number of amides is 1. The van der Waals surface area contributed by atoms with Gasteiger partial charge in [-0.2, -0.15) is 0 Å². The molecule has 2 nitrogen and oxygen atoms in total. The van der Waals surface area contributed by atoms with E-state index in [1.54, 1.807) is 0 Å². The van der Waals surface area contributed by atoms with E-state index in [0.29, 0.717) is 6.42 Å². The number of hydrogen-bond acceptors (Lipinski definition) is 1. The van der Waals surface area contributed by atoms with Crippen molar-refractivity contribution in [2.24, 2.45) is 0 Å². The minimum atomic E-state index is 0.129. The molecular weight excluding hydrogens is 312 g/mol. The van der Waals surface area contributed by atoms with E-state index < -0.39 is 0 Å². The minimum absolute atomic E-state index is 0.129. The Bertz CT molecular complexity index is 380. The Morgan fingerprint density at radius 1 is 1.50 bits per heavy atom. The Morgan fingerprint density at radius 3 is 2.86 bits per heavy atom. The normalized spacial score (nSPS) is 21.0. The number of hydrogen-bond donors (Lipinski definition) is 1. The summed E-state index contributed by atoms with van der Waals surface area (Å²) in [4.78, 5) is 11.0. The fraction of sp³-hybridized carbons (Fsp3) is 0.300. The van der Waals surface area contributed by atoms with Crippen LogP contribution in [0, 0.1) is 3.57 Å². The predicted molar refractivity (Wildman–Crippen MR) is 64.3 cm³/mol. The lowest BCUT2D eigenvalue weighted by atomic mass is 10.1. The lowest BCUT2D eigenvalue weighted by Crippen LogP contribution is -2.18. The summed E-state index contributed by atoms with van der Waals surface area (Å²) in [7, 11) is 0. The zero-order chi connectivity index (χ0) is 10.1. The molecule has 2 rings (SSSR count). The molecule has 1 aliphatic rings. The van der Waals surface area contributed by atoms with Gasteiger partial charge in [0.1, 0.15) is 0 Å². The van der Waals surface area contributed by atoms with Gasteiger partial charge < -0.3 is 5.32 Å². The summed E-state index contributed by atoms with van der Waals surface area (Å²) >= 11 is 8.20. The minimum Gasteiger partial charge on any atom is -0.349 e. The molecule has 1 heterocycles. The quantitative estimate of drug-likeness (QED) is 0.792. The Balaban J connectivity index is 2.24. The third-order valence-electron chi connectivity index (χ3n) is 2.34. The molecule has 1 fully saturated rings. The standard InChI is InChI=1S/C10H9ClINO/c11-7-5-6(1-2-8(7)12)9-3-4-10(14)13-9/h1-2,5,9H,3-4H2,(H,13,14)/t9-/m1/s1. The third-order valence-corrected chi connectivity index (χ3v) is 3.91. The first kappa shape index (κ1) is 10.2. The second-order valence-corrected chi connectivity index (χ2v) is 4.90. The van der Waals surface area contributed by atoms with Crippen LogP contribution in [-0.4, -0.2) is 5.91 Å². The van der Waals surface area contributed by atoms with Crippen LogP contribution >= 0.6 is 34.2 Å². The van der Waals surface area contributed by atoms with E-state index in [0.717, 1.165) is 20.6 Å². The van der Waals surface area contributed by atoms with Crippen LogP contribution in [-0.2, 0) is 4.79 Å². The molecule has 1 atom stereocenters. The fourth-order valence-electron chi connectivity index (χ4n) is 1.59. The van der Waals surface area contributed by atoms with E-state index in [9.17, 15) is 4.79 Å². The maximum Gasteiger partial charge on any atom is 0.220 e. The van der Waals surface area contributed by atoms with E-state index in [1.807, 2.05) is 18.2 Å². The molecule has 0 bridgehead atoms. The maximum absolute atomic E-state index is 11.0. The number of benzene rings is 1. The van der Waals surface area contributed by atoms with Crippen LogP contribution in [0.2, 0.25) is 5.02 Å². The van der Waals surface area contributed by atoms with E-state index in [-0.39, 0.29) is 11.9 Å². The van der Waals surface area contributed by atoms with Gasteiger partial charge in [-0.15, -0.1) is 0 Å². The summed E-state index contributed by atoms with van der Waals surface area (Å²) in [6.45, 7) is 0. The highest BCUT2D eigenvalue weighted by molar-refractivity contribution is 14.1. The Kier molecular flexibility index (Phi) is 2.97. The first-order chi connectivity index (χ1) is 6.66. The van der Waals surface area contributed by atoms with Crippen molar-refractivity contribution in [1.82, 2.24) is 5.32 Å². The highest BCUT2D eigenvalue weighted by Gasteiger charge is 2.22. The molecule has 4 heteroatoms. The van der Waals surface area contributed by atoms with Gasteiger partial charge >= 0.3 is 0 Å². The Morgan fingerprint density at radius 2 is 2.29 bits per heavy atom. The molecule has 1 N–H and O–H groups in total. The van der Waals surface area contributed by atoms with Crippen molar-refractivity contribution in [3.8, 4) is 0 Å². The SMILES string of the molecule is O=C1CC[C@H](c2ccc(I)c(Cl)c2)N1. The Labute approximate surface area is 101 Å². The van der Waals surface area contributed by atoms with Crippen LogP contribution in [0.4, 0.5) is 0 Å². The molecule has 0 saturated carbocycles. The molecular formula is C10H9ClINO. The summed E-state index contributed by atoms with van der Waals surface area (Å²) in [6.07, 6.45) is 1.49. The number of halogens is 2. The van der Waals surface area contributed by atoms with Gasteiger partial charge in [0.2, 0.25) is 5.91 Å². The van der Waals surface area contributed by atoms with Crippen LogP contribution in [0.1, 0.15) is 24.4 Å². The second kappa shape index (κ2) is 4.06. The molecule has 1 aromatic carbocycles. The summed E-state index contributed by atoms with van der Waals surface area (Å²) in [5.74, 6) is 0.129. The predicted octanol–water partition coefficient (Wildman–Crippen LogP) is 2.90. The molecule has 0 spiro atoms. The molecule has 0 unspecified atom stereocenters. The molecule has 0 radical (unpaired) electrons. The van der Waals surface area contributed by atoms with E-state index in [1.165, 1.54) is 0 Å². The van der Waals surface area contributed by atoms with Crippen molar-refractivity contribution < 1.29 is 4.79 Å². The molecule has 1 saturated heterocycles. The molecule has 14 heavy (non-hydrogen) atoms. The van der Waals surface area contributed by atoms with Crippen LogP contribution < -0.4 is 5.32 Å². The van der Waals surface area contributed by atoms with Crippen molar-refractivity contribution in [3.05, 3.63) is 32.4 Å². The number of rotatable bonds is 1. The van der Waals surface area contributed by atoms with Crippen molar-refractivity contribution in [1.29, 1.82) is 0 Å². The maximum atomic E-state index is 11.0. The third kappa shape index (κ3) is 2.03. The van der Waals surface area contributed by atoms with Crippen molar-refractivity contribution in [2.45, 2.75) is 18.9 Å². The van der Waals surface area contributed by atoms with Gasteiger partial charge in [-0.05, 0) is 46.7 Å². The highest BCUT2D eigenvalue weighted by atomic mass is 127. The molecule has 74 valence electrons. The number of carbonyl (C=O) groups excluding carboxylic acids is 1. The zero-order valence-corrected chi connectivity index (χ0v) is 10.3. The van der Waals surface area contributed by atoms with Crippen molar-refractivity contribution in [3.63, 3.8) is 0 Å². The summed E-state index contributed by atoms with van der Waals surface area (Å²) in [5.41, 5.74) is 1.10. The van der Waals surface area contributed by atoms with E-state index in [4.69, 9.17) is 11.6 Å². The average molecular weight is 322 g/mol. The first-order valence-electron chi connectivity index (χ1n) is 4.41. The molecule has 0 aromatic heterocycles. The fourth-order valence-corrected chi connectivity index (χ4v) is 2.12. The number of carbonyl (C=O) groups is 1. The van der Waals surface area contributed by atoms with Gasteiger partial charge in [0.25, 0.3) is 0 Å².